The molecule has 1 unspecified atom stereocenters. The molecule has 1 aromatic carbocycles. The molecule has 106 valence electrons. The second kappa shape index (κ2) is 7.88. The maximum absolute atomic E-state index is 5.47. The van der Waals surface area contributed by atoms with Crippen LogP contribution in [0.4, 0.5) is 0 Å². The predicted molar refractivity (Wildman–Crippen MR) is 86.5 cm³/mol. The van der Waals surface area contributed by atoms with E-state index in [0.717, 1.165) is 18.7 Å². The molecule has 1 atom stereocenters. The average molecular weight is 287 g/mol. The van der Waals surface area contributed by atoms with E-state index < -0.39 is 0 Å². The van der Waals surface area contributed by atoms with Crippen LogP contribution in [0.1, 0.15) is 17.4 Å². The van der Waals surface area contributed by atoms with Crippen LogP contribution < -0.4 is 10.1 Å². The smallest absolute Gasteiger partial charge is 0.119 e. The highest BCUT2D eigenvalue weighted by Crippen LogP contribution is 2.13. The summed E-state index contributed by atoms with van der Waals surface area (Å²) in [4.78, 5) is 1.43. The first-order valence-corrected chi connectivity index (χ1v) is 7.74. The molecule has 0 bridgehead atoms. The third-order valence-electron chi connectivity index (χ3n) is 3.03. The second-order valence-electron chi connectivity index (χ2n) is 4.81. The Morgan fingerprint density at radius 3 is 2.75 bits per heavy atom. The molecule has 0 fully saturated rings. The summed E-state index contributed by atoms with van der Waals surface area (Å²) in [6.07, 6.45) is 2.83. The van der Waals surface area contributed by atoms with Crippen molar-refractivity contribution in [1.82, 2.24) is 5.32 Å². The number of nitrogens with one attached hydrogen (secondary N) is 1. The summed E-state index contributed by atoms with van der Waals surface area (Å²) in [5.41, 5.74) is 1.27. The van der Waals surface area contributed by atoms with Gasteiger partial charge in [-0.2, -0.15) is 0 Å². The molecule has 1 heterocycles. The van der Waals surface area contributed by atoms with Gasteiger partial charge in [0.1, 0.15) is 12.4 Å². The van der Waals surface area contributed by atoms with Gasteiger partial charge >= 0.3 is 0 Å². The Morgan fingerprint density at radius 1 is 1.30 bits per heavy atom. The molecule has 0 spiro atoms. The number of thiophene rings is 1. The zero-order chi connectivity index (χ0) is 14.2. The van der Waals surface area contributed by atoms with Crippen molar-refractivity contribution in [3.05, 3.63) is 64.9 Å². The van der Waals surface area contributed by atoms with Crippen LogP contribution in [0, 0.1) is 0 Å². The molecule has 20 heavy (non-hydrogen) atoms. The van der Waals surface area contributed by atoms with E-state index in [1.54, 1.807) is 6.08 Å². The van der Waals surface area contributed by atoms with Crippen LogP contribution in [0.2, 0.25) is 0 Å². The first-order chi connectivity index (χ1) is 9.78. The van der Waals surface area contributed by atoms with Crippen molar-refractivity contribution in [3.63, 3.8) is 0 Å². The normalized spacial score (nSPS) is 12.1. The maximum atomic E-state index is 5.47. The molecular weight excluding hydrogens is 266 g/mol. The molecule has 2 rings (SSSR count). The molecule has 0 aliphatic rings. The van der Waals surface area contributed by atoms with Crippen molar-refractivity contribution in [3.8, 4) is 5.75 Å². The van der Waals surface area contributed by atoms with Gasteiger partial charge in [0.05, 0.1) is 0 Å². The van der Waals surface area contributed by atoms with E-state index in [1.165, 1.54) is 10.4 Å². The lowest BCUT2D eigenvalue weighted by Gasteiger charge is -2.13. The molecule has 0 saturated heterocycles. The summed E-state index contributed by atoms with van der Waals surface area (Å²) in [5.74, 6) is 0.889. The van der Waals surface area contributed by atoms with Crippen molar-refractivity contribution in [1.29, 1.82) is 0 Å². The van der Waals surface area contributed by atoms with E-state index in [2.05, 4.69) is 48.5 Å². The Labute approximate surface area is 125 Å². The van der Waals surface area contributed by atoms with E-state index >= 15 is 0 Å². The quantitative estimate of drug-likeness (QED) is 0.740. The van der Waals surface area contributed by atoms with Gasteiger partial charge < -0.3 is 10.1 Å². The van der Waals surface area contributed by atoms with Gasteiger partial charge in [0.15, 0.2) is 0 Å². The van der Waals surface area contributed by atoms with Crippen LogP contribution in [0.25, 0.3) is 0 Å². The standard InChI is InChI=1S/C17H21NOS/c1-3-10-19-16-8-6-15(7-9-16)13-18-14(2)12-17-5-4-11-20-17/h3-9,11,14,18H,1,10,12-13H2,2H3. The Balaban J connectivity index is 1.77. The van der Waals surface area contributed by atoms with Gasteiger partial charge in [0.2, 0.25) is 0 Å². The zero-order valence-corrected chi connectivity index (χ0v) is 12.7. The lowest BCUT2D eigenvalue weighted by atomic mass is 10.1. The van der Waals surface area contributed by atoms with Crippen molar-refractivity contribution in [2.24, 2.45) is 0 Å². The molecule has 0 amide bonds. The number of benzene rings is 1. The highest BCUT2D eigenvalue weighted by Gasteiger charge is 2.04. The van der Waals surface area contributed by atoms with Crippen LogP contribution in [0.5, 0.6) is 5.75 Å². The minimum atomic E-state index is 0.477. The van der Waals surface area contributed by atoms with Gasteiger partial charge in [-0.3, -0.25) is 0 Å². The van der Waals surface area contributed by atoms with Gasteiger partial charge in [0.25, 0.3) is 0 Å². The minimum absolute atomic E-state index is 0.477. The molecule has 3 heteroatoms. The molecular formula is C17H21NOS. The fourth-order valence-electron chi connectivity index (χ4n) is 1.95. The van der Waals surface area contributed by atoms with Crippen molar-refractivity contribution in [2.45, 2.75) is 25.9 Å². The van der Waals surface area contributed by atoms with Crippen molar-refractivity contribution < 1.29 is 4.74 Å². The Hall–Kier alpha value is -1.58. The van der Waals surface area contributed by atoms with E-state index in [9.17, 15) is 0 Å². The molecule has 0 radical (unpaired) electrons. The van der Waals surface area contributed by atoms with Gasteiger partial charge in [-0.1, -0.05) is 30.9 Å². The lowest BCUT2D eigenvalue weighted by molar-refractivity contribution is 0.363. The molecule has 2 nitrogen and oxygen atoms in total. The van der Waals surface area contributed by atoms with E-state index in [-0.39, 0.29) is 0 Å². The van der Waals surface area contributed by atoms with Gasteiger partial charge in [-0.15, -0.1) is 11.3 Å². The summed E-state index contributed by atoms with van der Waals surface area (Å²) in [6.45, 7) is 7.30. The summed E-state index contributed by atoms with van der Waals surface area (Å²) >= 11 is 1.82. The third-order valence-corrected chi connectivity index (χ3v) is 3.93. The maximum Gasteiger partial charge on any atom is 0.119 e. The number of rotatable bonds is 8. The molecule has 1 N–H and O–H groups in total. The Bertz CT molecular complexity index is 504. The summed E-state index contributed by atoms with van der Waals surface area (Å²) < 4.78 is 5.47. The van der Waals surface area contributed by atoms with E-state index in [1.807, 2.05) is 23.5 Å². The fraction of sp³-hybridized carbons (Fsp3) is 0.294. The predicted octanol–water partition coefficient (Wildman–Crippen LogP) is 4.03. The fourth-order valence-corrected chi connectivity index (χ4v) is 2.79. The Morgan fingerprint density at radius 2 is 2.10 bits per heavy atom. The molecule has 2 aromatic rings. The topological polar surface area (TPSA) is 21.3 Å². The largest absolute Gasteiger partial charge is 0.490 e. The number of hydrogen-bond acceptors (Lipinski definition) is 3. The monoisotopic (exact) mass is 287 g/mol. The zero-order valence-electron chi connectivity index (χ0n) is 11.8. The van der Waals surface area contributed by atoms with Gasteiger partial charge in [0, 0.05) is 17.5 Å². The van der Waals surface area contributed by atoms with Crippen LogP contribution in [-0.4, -0.2) is 12.6 Å². The van der Waals surface area contributed by atoms with E-state index in [4.69, 9.17) is 4.74 Å². The minimum Gasteiger partial charge on any atom is -0.490 e. The first kappa shape index (κ1) is 14.8. The van der Waals surface area contributed by atoms with Gasteiger partial charge in [-0.25, -0.2) is 0 Å². The number of hydrogen-bond donors (Lipinski definition) is 1. The summed E-state index contributed by atoms with van der Waals surface area (Å²) in [6, 6.07) is 13.0. The molecule has 1 aromatic heterocycles. The van der Waals surface area contributed by atoms with Crippen LogP contribution >= 0.6 is 11.3 Å². The van der Waals surface area contributed by atoms with Crippen molar-refractivity contribution in [2.75, 3.05) is 6.61 Å². The lowest BCUT2D eigenvalue weighted by Crippen LogP contribution is -2.27. The van der Waals surface area contributed by atoms with Gasteiger partial charge in [-0.05, 0) is 42.5 Å². The van der Waals surface area contributed by atoms with Crippen LogP contribution in [0.15, 0.2) is 54.4 Å². The molecule has 0 aliphatic carbocycles. The van der Waals surface area contributed by atoms with Crippen molar-refractivity contribution >= 4 is 11.3 Å². The molecule has 0 aliphatic heterocycles. The third kappa shape index (κ3) is 4.83. The first-order valence-electron chi connectivity index (χ1n) is 6.86. The van der Waals surface area contributed by atoms with E-state index in [0.29, 0.717) is 12.6 Å². The highest BCUT2D eigenvalue weighted by molar-refractivity contribution is 7.09. The Kier molecular flexibility index (Phi) is 5.84. The summed E-state index contributed by atoms with van der Waals surface area (Å²) in [5, 5.41) is 5.68. The second-order valence-corrected chi connectivity index (χ2v) is 5.84. The molecule has 0 saturated carbocycles. The van der Waals surface area contributed by atoms with Crippen LogP contribution in [-0.2, 0) is 13.0 Å². The SMILES string of the molecule is C=CCOc1ccc(CNC(C)Cc2cccs2)cc1. The highest BCUT2D eigenvalue weighted by atomic mass is 32.1. The average Bonchev–Trinajstić information content (AvgIpc) is 2.97. The summed E-state index contributed by atoms with van der Waals surface area (Å²) in [7, 11) is 0. The number of ether oxygens (including phenoxy) is 1. The van der Waals surface area contributed by atoms with Crippen LogP contribution in [0.3, 0.4) is 0 Å².